The van der Waals surface area contributed by atoms with Gasteiger partial charge in [-0.25, -0.2) is 4.39 Å². The van der Waals surface area contributed by atoms with Crippen molar-refractivity contribution in [3.05, 3.63) is 59.2 Å². The number of hydrogen-bond acceptors (Lipinski definition) is 6. The highest BCUT2D eigenvalue weighted by molar-refractivity contribution is 5.85. The minimum absolute atomic E-state index is 0.0112. The molecular weight excluding hydrogens is 347 g/mol. The molecular formula is C19H27FN6O. The third-order valence-electron chi connectivity index (χ3n) is 3.25. The van der Waals surface area contributed by atoms with Gasteiger partial charge in [0.15, 0.2) is 0 Å². The van der Waals surface area contributed by atoms with Crippen LogP contribution in [-0.2, 0) is 4.79 Å². The first-order valence-electron chi connectivity index (χ1n) is 8.34. The molecule has 1 aromatic carbocycles. The molecule has 1 aliphatic heterocycles. The zero-order chi connectivity index (χ0) is 20.7. The van der Waals surface area contributed by atoms with Crippen molar-refractivity contribution in [2.75, 3.05) is 27.7 Å². The topological polar surface area (TPSA) is 133 Å². The zero-order valence-corrected chi connectivity index (χ0v) is 15.9. The van der Waals surface area contributed by atoms with Crippen LogP contribution in [0.1, 0.15) is 29.3 Å². The van der Waals surface area contributed by atoms with Gasteiger partial charge < -0.3 is 22.5 Å². The Morgan fingerprint density at radius 1 is 1.04 bits per heavy atom. The maximum absolute atomic E-state index is 13.0. The van der Waals surface area contributed by atoms with Gasteiger partial charge in [-0.3, -0.25) is 4.79 Å². The van der Waals surface area contributed by atoms with E-state index in [2.05, 4.69) is 44.6 Å². The molecule has 0 radical (unpaired) electrons. The van der Waals surface area contributed by atoms with Gasteiger partial charge in [0.05, 0.1) is 11.6 Å². The Balaban J connectivity index is 0.00000103. The lowest BCUT2D eigenvalue weighted by atomic mass is 10.0. The molecule has 1 fully saturated rings. The van der Waals surface area contributed by atoms with Gasteiger partial charge >= 0.3 is 0 Å². The number of benzene rings is 1. The fraction of sp³-hybridized carbons (Fsp3) is 0.316. The highest BCUT2D eigenvalue weighted by atomic mass is 19.1. The number of nitrogens with one attached hydrogen (secondary N) is 1. The van der Waals surface area contributed by atoms with Crippen LogP contribution in [0.2, 0.25) is 0 Å². The highest BCUT2D eigenvalue weighted by Crippen LogP contribution is 2.20. The summed E-state index contributed by atoms with van der Waals surface area (Å²) in [7, 11) is 4.50. The molecule has 1 atom stereocenters. The molecule has 0 saturated carbocycles. The summed E-state index contributed by atoms with van der Waals surface area (Å²) in [6.45, 7) is 0.673. The van der Waals surface area contributed by atoms with Crippen LogP contribution >= 0.6 is 0 Å². The Hall–Kier alpha value is -2.86. The van der Waals surface area contributed by atoms with Crippen LogP contribution in [0, 0.1) is 17.7 Å². The average Bonchev–Trinajstić information content (AvgIpc) is 3.17. The Bertz CT molecular complexity index is 740. The molecule has 1 aromatic heterocycles. The molecule has 7 N–H and O–H groups in total. The molecule has 2 heterocycles. The first-order valence-corrected chi connectivity index (χ1v) is 8.34. The van der Waals surface area contributed by atoms with E-state index in [1.807, 2.05) is 0 Å². The van der Waals surface area contributed by atoms with Crippen molar-refractivity contribution in [3.63, 3.8) is 0 Å². The van der Waals surface area contributed by atoms with Gasteiger partial charge in [0, 0.05) is 12.1 Å². The number of nitrogens with zero attached hydrogens (tertiary/aromatic N) is 2. The van der Waals surface area contributed by atoms with Crippen LogP contribution in [0.15, 0.2) is 36.4 Å². The fourth-order valence-corrected chi connectivity index (χ4v) is 2.17. The maximum Gasteiger partial charge on any atom is 0.229 e. The number of aromatic nitrogens is 2. The molecule has 0 spiro atoms. The number of carbonyl (C=O) groups is 1. The molecule has 7 nitrogen and oxygen atoms in total. The van der Waals surface area contributed by atoms with E-state index in [-0.39, 0.29) is 17.6 Å². The standard InChI is InChI=1S/C16H12FN3O.3CH5N/c17-12-3-1-2-11(10-12)4-5-13-6-7-15(20-19-13)14-8-9-18-16(14)21;3*1-2/h1-3,6-7,10,14H,8-9H2,(H,18,21);3*2H2,1H3. The van der Waals surface area contributed by atoms with Crippen molar-refractivity contribution < 1.29 is 9.18 Å². The lowest BCUT2D eigenvalue weighted by Gasteiger charge is -2.04. The van der Waals surface area contributed by atoms with Gasteiger partial charge in [-0.05, 0) is 63.8 Å². The van der Waals surface area contributed by atoms with E-state index in [4.69, 9.17) is 0 Å². The van der Waals surface area contributed by atoms with E-state index in [9.17, 15) is 9.18 Å². The number of hydrogen-bond donors (Lipinski definition) is 4. The summed E-state index contributed by atoms with van der Waals surface area (Å²) < 4.78 is 13.0. The van der Waals surface area contributed by atoms with E-state index in [0.717, 1.165) is 6.42 Å². The summed E-state index contributed by atoms with van der Waals surface area (Å²) in [5.74, 6) is 5.10. The zero-order valence-electron chi connectivity index (χ0n) is 15.9. The van der Waals surface area contributed by atoms with E-state index in [1.54, 1.807) is 24.3 Å². The summed E-state index contributed by atoms with van der Waals surface area (Å²) in [6, 6.07) is 9.54. The second-order valence-electron chi connectivity index (χ2n) is 4.74. The molecule has 27 heavy (non-hydrogen) atoms. The molecule has 1 amide bonds. The minimum Gasteiger partial charge on any atom is -0.355 e. The van der Waals surface area contributed by atoms with E-state index >= 15 is 0 Å². The third-order valence-corrected chi connectivity index (χ3v) is 3.25. The number of amides is 1. The second-order valence-corrected chi connectivity index (χ2v) is 4.74. The van der Waals surface area contributed by atoms with Crippen molar-refractivity contribution >= 4 is 5.91 Å². The van der Waals surface area contributed by atoms with E-state index in [1.165, 1.54) is 33.3 Å². The van der Waals surface area contributed by atoms with Crippen molar-refractivity contribution in [2.45, 2.75) is 12.3 Å². The van der Waals surface area contributed by atoms with Crippen LogP contribution in [0.5, 0.6) is 0 Å². The lowest BCUT2D eigenvalue weighted by Crippen LogP contribution is -2.18. The highest BCUT2D eigenvalue weighted by Gasteiger charge is 2.27. The monoisotopic (exact) mass is 374 g/mol. The molecule has 1 unspecified atom stereocenters. The van der Waals surface area contributed by atoms with E-state index < -0.39 is 0 Å². The van der Waals surface area contributed by atoms with Crippen LogP contribution < -0.4 is 22.5 Å². The first kappa shape index (κ1) is 24.1. The summed E-state index contributed by atoms with van der Waals surface area (Å²) >= 11 is 0. The van der Waals surface area contributed by atoms with Gasteiger partial charge in [0.25, 0.3) is 0 Å². The number of halogens is 1. The SMILES string of the molecule is CN.CN.CN.O=C1NCCC1c1ccc(C#Cc2cccc(F)c2)nn1. The Morgan fingerprint density at radius 2 is 1.74 bits per heavy atom. The number of nitrogens with two attached hydrogens (primary N) is 3. The van der Waals surface area contributed by atoms with E-state index in [0.29, 0.717) is 23.5 Å². The van der Waals surface area contributed by atoms with Gasteiger partial charge in [0.2, 0.25) is 5.91 Å². The Labute approximate surface area is 159 Å². The Kier molecular flexibility index (Phi) is 12.8. The first-order chi connectivity index (χ1) is 13.2. The molecule has 1 aliphatic rings. The van der Waals surface area contributed by atoms with Crippen LogP contribution in [-0.4, -0.2) is 43.8 Å². The quantitative estimate of drug-likeness (QED) is 0.532. The Morgan fingerprint density at radius 3 is 2.26 bits per heavy atom. The van der Waals surface area contributed by atoms with Crippen molar-refractivity contribution in [1.82, 2.24) is 15.5 Å². The lowest BCUT2D eigenvalue weighted by molar-refractivity contribution is -0.120. The molecule has 3 rings (SSSR count). The van der Waals surface area contributed by atoms with Gasteiger partial charge in [0.1, 0.15) is 11.5 Å². The molecule has 0 bridgehead atoms. The number of carbonyl (C=O) groups excluding carboxylic acids is 1. The summed E-state index contributed by atoms with van der Waals surface area (Å²) in [5.41, 5.74) is 15.2. The van der Waals surface area contributed by atoms with Gasteiger partial charge in [-0.15, -0.1) is 5.10 Å². The second kappa shape index (κ2) is 14.3. The molecule has 146 valence electrons. The third kappa shape index (κ3) is 7.92. The van der Waals surface area contributed by atoms with Crippen molar-refractivity contribution in [3.8, 4) is 11.8 Å². The summed E-state index contributed by atoms with van der Waals surface area (Å²) in [5, 5.41) is 10.8. The van der Waals surface area contributed by atoms with Crippen LogP contribution in [0.3, 0.4) is 0 Å². The van der Waals surface area contributed by atoms with Gasteiger partial charge in [-0.1, -0.05) is 12.0 Å². The average molecular weight is 374 g/mol. The molecule has 2 aromatic rings. The van der Waals surface area contributed by atoms with Gasteiger partial charge in [-0.2, -0.15) is 5.10 Å². The molecule has 1 saturated heterocycles. The van der Waals surface area contributed by atoms with Crippen LogP contribution in [0.25, 0.3) is 0 Å². The smallest absolute Gasteiger partial charge is 0.229 e. The summed E-state index contributed by atoms with van der Waals surface area (Å²) in [6.07, 6.45) is 0.738. The number of rotatable bonds is 1. The fourth-order valence-electron chi connectivity index (χ4n) is 2.17. The predicted molar refractivity (Wildman–Crippen MR) is 105 cm³/mol. The normalized spacial score (nSPS) is 13.9. The van der Waals surface area contributed by atoms with Crippen molar-refractivity contribution in [1.29, 1.82) is 0 Å². The predicted octanol–water partition coefficient (Wildman–Crippen LogP) is 0.344. The largest absolute Gasteiger partial charge is 0.355 e. The van der Waals surface area contributed by atoms with Crippen LogP contribution in [0.4, 0.5) is 4.39 Å². The van der Waals surface area contributed by atoms with Crippen molar-refractivity contribution in [2.24, 2.45) is 17.2 Å². The molecule has 0 aliphatic carbocycles. The summed E-state index contributed by atoms with van der Waals surface area (Å²) in [4.78, 5) is 11.6. The minimum atomic E-state index is -0.324. The maximum atomic E-state index is 13.0. The molecule has 8 heteroatoms.